The molecule has 0 aliphatic rings. The average molecular weight is 381 g/mol. The maximum absolute atomic E-state index is 13.3. The Balaban J connectivity index is 1.54. The van der Waals surface area contributed by atoms with Gasteiger partial charge >= 0.3 is 0 Å². The summed E-state index contributed by atoms with van der Waals surface area (Å²) >= 11 is 0. The Morgan fingerprint density at radius 1 is 1.14 bits per heavy atom. The lowest BCUT2D eigenvalue weighted by atomic mass is 10.1. The van der Waals surface area contributed by atoms with Crippen LogP contribution in [0.5, 0.6) is 0 Å². The zero-order valence-corrected chi connectivity index (χ0v) is 16.7. The molecule has 1 atom stereocenters. The molecule has 0 aliphatic carbocycles. The smallest absolute Gasteiger partial charge is 0.191 e. The van der Waals surface area contributed by atoms with E-state index in [-0.39, 0.29) is 11.9 Å². The molecule has 2 aromatic carbocycles. The van der Waals surface area contributed by atoms with Gasteiger partial charge in [0.05, 0.1) is 6.04 Å². The van der Waals surface area contributed by atoms with Crippen LogP contribution < -0.4 is 10.6 Å². The molecule has 1 heterocycles. The first-order valence-electron chi connectivity index (χ1n) is 9.50. The van der Waals surface area contributed by atoms with E-state index >= 15 is 0 Å². The molecule has 0 saturated heterocycles. The second-order valence-electron chi connectivity index (χ2n) is 7.02. The Labute approximate surface area is 165 Å². The summed E-state index contributed by atoms with van der Waals surface area (Å²) in [6.07, 6.45) is 2.77. The third-order valence-electron chi connectivity index (χ3n) is 4.91. The van der Waals surface area contributed by atoms with Crippen molar-refractivity contribution in [2.75, 3.05) is 34.2 Å². The summed E-state index contributed by atoms with van der Waals surface area (Å²) in [6.45, 7) is 1.49. The van der Waals surface area contributed by atoms with Crippen LogP contribution in [0.25, 0.3) is 10.9 Å². The first-order chi connectivity index (χ1) is 13.6. The molecule has 148 valence electrons. The highest BCUT2D eigenvalue weighted by molar-refractivity contribution is 5.83. The standard InChI is InChI=1S/C22H28FN5/c1-24-22(27-15-21(28(2)3)16-7-5-4-6-8-16)25-12-11-17-14-26-20-13-18(23)9-10-19(17)20/h4-10,13-14,21,26H,11-12,15H2,1-3H3,(H2,24,25,27). The van der Waals surface area contributed by atoms with Gasteiger partial charge in [0.15, 0.2) is 5.96 Å². The van der Waals surface area contributed by atoms with Crippen molar-refractivity contribution in [2.24, 2.45) is 4.99 Å². The van der Waals surface area contributed by atoms with E-state index in [1.165, 1.54) is 17.7 Å². The predicted molar refractivity (Wildman–Crippen MR) is 114 cm³/mol. The van der Waals surface area contributed by atoms with Crippen LogP contribution >= 0.6 is 0 Å². The van der Waals surface area contributed by atoms with Crippen LogP contribution in [0, 0.1) is 5.82 Å². The number of aliphatic imine (C=N–C) groups is 1. The van der Waals surface area contributed by atoms with Gasteiger partial charge in [0.25, 0.3) is 0 Å². The number of likely N-dealkylation sites (N-methyl/N-ethyl adjacent to an activating group) is 1. The highest BCUT2D eigenvalue weighted by atomic mass is 19.1. The number of aromatic amines is 1. The SMILES string of the molecule is CN=C(NCCc1c[nH]c2cc(F)ccc12)NCC(c1ccccc1)N(C)C. The van der Waals surface area contributed by atoms with E-state index in [0.29, 0.717) is 0 Å². The van der Waals surface area contributed by atoms with E-state index in [0.717, 1.165) is 41.9 Å². The Morgan fingerprint density at radius 2 is 1.93 bits per heavy atom. The quantitative estimate of drug-likeness (QED) is 0.435. The Morgan fingerprint density at radius 3 is 2.64 bits per heavy atom. The van der Waals surface area contributed by atoms with Crippen LogP contribution in [0.4, 0.5) is 4.39 Å². The number of benzene rings is 2. The maximum atomic E-state index is 13.3. The number of fused-ring (bicyclic) bond motifs is 1. The molecule has 6 heteroatoms. The van der Waals surface area contributed by atoms with Crippen LogP contribution in [0.3, 0.4) is 0 Å². The number of hydrogen-bond donors (Lipinski definition) is 3. The second-order valence-corrected chi connectivity index (χ2v) is 7.02. The minimum atomic E-state index is -0.225. The number of nitrogens with one attached hydrogen (secondary N) is 3. The van der Waals surface area contributed by atoms with E-state index in [1.807, 2.05) is 18.3 Å². The van der Waals surface area contributed by atoms with Crippen LogP contribution in [-0.2, 0) is 6.42 Å². The Bertz CT molecular complexity index is 917. The molecule has 1 aromatic heterocycles. The molecule has 0 bridgehead atoms. The fraction of sp³-hybridized carbons (Fsp3) is 0.318. The Kier molecular flexibility index (Phi) is 6.66. The molecular formula is C22H28FN5. The second kappa shape index (κ2) is 9.37. The molecule has 3 rings (SSSR count). The summed E-state index contributed by atoms with van der Waals surface area (Å²) in [5, 5.41) is 7.83. The van der Waals surface area contributed by atoms with Gasteiger partial charge in [-0.1, -0.05) is 30.3 Å². The summed E-state index contributed by atoms with van der Waals surface area (Å²) in [5.74, 6) is 0.547. The first kappa shape index (κ1) is 19.9. The van der Waals surface area contributed by atoms with Crippen molar-refractivity contribution in [1.82, 2.24) is 20.5 Å². The molecule has 0 aliphatic heterocycles. The van der Waals surface area contributed by atoms with Crippen LogP contribution in [0.1, 0.15) is 17.2 Å². The largest absolute Gasteiger partial charge is 0.361 e. The fourth-order valence-corrected chi connectivity index (χ4v) is 3.37. The molecule has 0 radical (unpaired) electrons. The van der Waals surface area contributed by atoms with E-state index in [2.05, 4.69) is 63.9 Å². The van der Waals surface area contributed by atoms with Gasteiger partial charge in [-0.05, 0) is 49.8 Å². The molecular weight excluding hydrogens is 353 g/mol. The van der Waals surface area contributed by atoms with Crippen molar-refractivity contribution in [3.05, 3.63) is 71.7 Å². The number of guanidine groups is 1. The van der Waals surface area contributed by atoms with E-state index in [4.69, 9.17) is 0 Å². The lowest BCUT2D eigenvalue weighted by Gasteiger charge is -2.26. The highest BCUT2D eigenvalue weighted by Gasteiger charge is 2.14. The number of halogens is 1. The van der Waals surface area contributed by atoms with Gasteiger partial charge in [0.2, 0.25) is 0 Å². The third-order valence-corrected chi connectivity index (χ3v) is 4.91. The highest BCUT2D eigenvalue weighted by Crippen LogP contribution is 2.19. The number of hydrogen-bond acceptors (Lipinski definition) is 2. The number of H-pyrrole nitrogens is 1. The Hall–Kier alpha value is -2.86. The molecule has 3 N–H and O–H groups in total. The average Bonchev–Trinajstić information content (AvgIpc) is 3.09. The molecule has 3 aromatic rings. The van der Waals surface area contributed by atoms with Gasteiger partial charge < -0.3 is 20.5 Å². The molecule has 5 nitrogen and oxygen atoms in total. The summed E-state index contributed by atoms with van der Waals surface area (Å²) in [4.78, 5) is 9.65. The first-order valence-corrected chi connectivity index (χ1v) is 9.50. The van der Waals surface area contributed by atoms with Gasteiger partial charge in [-0.2, -0.15) is 0 Å². The summed E-state index contributed by atoms with van der Waals surface area (Å²) in [6, 6.07) is 15.5. The lowest BCUT2D eigenvalue weighted by Crippen LogP contribution is -2.42. The third kappa shape index (κ3) is 4.89. The molecule has 0 fully saturated rings. The van der Waals surface area contributed by atoms with Gasteiger partial charge in [-0.25, -0.2) is 4.39 Å². The molecule has 1 unspecified atom stereocenters. The van der Waals surface area contributed by atoms with E-state index in [1.54, 1.807) is 7.05 Å². The summed E-state index contributed by atoms with van der Waals surface area (Å²) in [5.41, 5.74) is 3.25. The van der Waals surface area contributed by atoms with Crippen LogP contribution in [-0.4, -0.2) is 50.1 Å². The summed E-state index contributed by atoms with van der Waals surface area (Å²) in [7, 11) is 5.93. The molecule has 0 spiro atoms. The van der Waals surface area contributed by atoms with E-state index < -0.39 is 0 Å². The zero-order valence-electron chi connectivity index (χ0n) is 16.7. The maximum Gasteiger partial charge on any atom is 0.191 e. The van der Waals surface area contributed by atoms with Crippen LogP contribution in [0.2, 0.25) is 0 Å². The van der Waals surface area contributed by atoms with Crippen molar-refractivity contribution in [1.29, 1.82) is 0 Å². The van der Waals surface area contributed by atoms with Gasteiger partial charge in [-0.15, -0.1) is 0 Å². The molecule has 0 amide bonds. The number of rotatable bonds is 7. The minimum Gasteiger partial charge on any atom is -0.361 e. The van der Waals surface area contributed by atoms with Crippen molar-refractivity contribution < 1.29 is 4.39 Å². The summed E-state index contributed by atoms with van der Waals surface area (Å²) < 4.78 is 13.3. The van der Waals surface area contributed by atoms with Gasteiger partial charge in [-0.3, -0.25) is 4.99 Å². The van der Waals surface area contributed by atoms with Crippen LogP contribution in [0.15, 0.2) is 59.7 Å². The lowest BCUT2D eigenvalue weighted by molar-refractivity contribution is 0.298. The zero-order chi connectivity index (χ0) is 19.9. The molecule has 0 saturated carbocycles. The number of nitrogens with zero attached hydrogens (tertiary/aromatic N) is 2. The fourth-order valence-electron chi connectivity index (χ4n) is 3.37. The van der Waals surface area contributed by atoms with Crippen molar-refractivity contribution in [3.63, 3.8) is 0 Å². The molecule has 28 heavy (non-hydrogen) atoms. The number of aromatic nitrogens is 1. The van der Waals surface area contributed by atoms with Crippen molar-refractivity contribution in [3.8, 4) is 0 Å². The monoisotopic (exact) mass is 381 g/mol. The normalized spacial score (nSPS) is 13.1. The van der Waals surface area contributed by atoms with Gasteiger partial charge in [0, 0.05) is 37.2 Å². The topological polar surface area (TPSA) is 55.5 Å². The van der Waals surface area contributed by atoms with Crippen molar-refractivity contribution >= 4 is 16.9 Å². The van der Waals surface area contributed by atoms with Crippen molar-refractivity contribution in [2.45, 2.75) is 12.5 Å². The predicted octanol–water partition coefficient (Wildman–Crippen LogP) is 3.32. The van der Waals surface area contributed by atoms with Gasteiger partial charge in [0.1, 0.15) is 5.82 Å². The minimum absolute atomic E-state index is 0.225. The van der Waals surface area contributed by atoms with E-state index in [9.17, 15) is 4.39 Å².